The van der Waals surface area contributed by atoms with Gasteiger partial charge in [0.25, 0.3) is 0 Å². The highest BCUT2D eigenvalue weighted by atomic mass is 35.5. The molecule has 1 N–H and O–H groups in total. The summed E-state index contributed by atoms with van der Waals surface area (Å²) in [5, 5.41) is 4.32. The molecule has 0 bridgehead atoms. The minimum absolute atomic E-state index is 0.574. The Morgan fingerprint density at radius 1 is 1.46 bits per heavy atom. The highest BCUT2D eigenvalue weighted by Gasteiger charge is 2.16. The van der Waals surface area contributed by atoms with Crippen molar-refractivity contribution in [3.63, 3.8) is 0 Å². The van der Waals surface area contributed by atoms with Crippen LogP contribution < -0.4 is 5.32 Å². The molecule has 0 amide bonds. The standard InChI is InChI=1S/C11H14ClN/c1-7-3-10(12)5-9-4-8(2)13-6-11(7)9/h3,5,8,13H,4,6H2,1-2H3. The Morgan fingerprint density at radius 2 is 2.23 bits per heavy atom. The Morgan fingerprint density at radius 3 is 3.00 bits per heavy atom. The quantitative estimate of drug-likeness (QED) is 0.671. The zero-order valence-electron chi connectivity index (χ0n) is 8.02. The van der Waals surface area contributed by atoms with Crippen LogP contribution in [0.15, 0.2) is 12.1 Å². The first kappa shape index (κ1) is 9.04. The van der Waals surface area contributed by atoms with Crippen LogP contribution in [0.5, 0.6) is 0 Å². The van der Waals surface area contributed by atoms with E-state index in [1.165, 1.54) is 16.7 Å². The highest BCUT2D eigenvalue weighted by Crippen LogP contribution is 2.24. The van der Waals surface area contributed by atoms with Crippen molar-refractivity contribution in [2.45, 2.75) is 32.9 Å². The average molecular weight is 196 g/mol. The number of rotatable bonds is 0. The lowest BCUT2D eigenvalue weighted by atomic mass is 9.93. The van der Waals surface area contributed by atoms with Crippen molar-refractivity contribution in [2.24, 2.45) is 0 Å². The maximum atomic E-state index is 6.01. The van der Waals surface area contributed by atoms with E-state index in [4.69, 9.17) is 11.6 Å². The van der Waals surface area contributed by atoms with Gasteiger partial charge in [-0.3, -0.25) is 0 Å². The smallest absolute Gasteiger partial charge is 0.0411 e. The molecule has 0 aromatic heterocycles. The van der Waals surface area contributed by atoms with Crippen molar-refractivity contribution in [3.8, 4) is 0 Å². The third-order valence-electron chi connectivity index (χ3n) is 2.68. The van der Waals surface area contributed by atoms with E-state index in [2.05, 4.69) is 25.2 Å². The Bertz CT molecular complexity index is 333. The molecular formula is C11H14ClN. The summed E-state index contributed by atoms with van der Waals surface area (Å²) in [7, 11) is 0. The van der Waals surface area contributed by atoms with Gasteiger partial charge < -0.3 is 5.32 Å². The second-order valence-electron chi connectivity index (χ2n) is 3.85. The molecular weight excluding hydrogens is 182 g/mol. The molecule has 0 saturated heterocycles. The summed E-state index contributed by atoms with van der Waals surface area (Å²) < 4.78 is 0. The molecule has 0 fully saturated rings. The van der Waals surface area contributed by atoms with Gasteiger partial charge in [-0.05, 0) is 49.1 Å². The van der Waals surface area contributed by atoms with Crippen molar-refractivity contribution < 1.29 is 0 Å². The second kappa shape index (κ2) is 3.32. The minimum Gasteiger partial charge on any atom is -0.310 e. The number of nitrogens with one attached hydrogen (secondary N) is 1. The summed E-state index contributed by atoms with van der Waals surface area (Å²) in [6, 6.07) is 4.71. The SMILES string of the molecule is Cc1cc(Cl)cc2c1CNC(C)C2. The molecule has 1 heterocycles. The van der Waals surface area contributed by atoms with Gasteiger partial charge in [-0.2, -0.15) is 0 Å². The van der Waals surface area contributed by atoms with Gasteiger partial charge in [-0.15, -0.1) is 0 Å². The molecule has 0 radical (unpaired) electrons. The first-order valence-corrected chi connectivity index (χ1v) is 5.06. The first-order chi connectivity index (χ1) is 6.16. The van der Waals surface area contributed by atoms with Gasteiger partial charge in [-0.25, -0.2) is 0 Å². The summed E-state index contributed by atoms with van der Waals surface area (Å²) in [5.41, 5.74) is 4.15. The van der Waals surface area contributed by atoms with Crippen LogP contribution in [-0.4, -0.2) is 6.04 Å². The van der Waals surface area contributed by atoms with Crippen molar-refractivity contribution in [2.75, 3.05) is 0 Å². The van der Waals surface area contributed by atoms with Gasteiger partial charge in [0, 0.05) is 17.6 Å². The normalized spacial score (nSPS) is 21.3. The molecule has 1 aromatic carbocycles. The average Bonchev–Trinajstić information content (AvgIpc) is 2.02. The summed E-state index contributed by atoms with van der Waals surface area (Å²) >= 11 is 6.01. The van der Waals surface area contributed by atoms with Crippen LogP contribution in [0, 0.1) is 6.92 Å². The molecule has 1 unspecified atom stereocenters. The number of hydrogen-bond donors (Lipinski definition) is 1. The third kappa shape index (κ3) is 1.72. The van der Waals surface area contributed by atoms with Crippen molar-refractivity contribution in [3.05, 3.63) is 33.8 Å². The van der Waals surface area contributed by atoms with Gasteiger partial charge >= 0.3 is 0 Å². The van der Waals surface area contributed by atoms with E-state index < -0.39 is 0 Å². The molecule has 1 aliphatic rings. The van der Waals surface area contributed by atoms with E-state index in [9.17, 15) is 0 Å². The molecule has 1 aliphatic heterocycles. The number of benzene rings is 1. The van der Waals surface area contributed by atoms with Crippen LogP contribution in [0.3, 0.4) is 0 Å². The maximum absolute atomic E-state index is 6.01. The van der Waals surface area contributed by atoms with E-state index in [0.717, 1.165) is 18.0 Å². The largest absolute Gasteiger partial charge is 0.310 e. The lowest BCUT2D eigenvalue weighted by Crippen LogP contribution is -2.33. The van der Waals surface area contributed by atoms with Gasteiger partial charge in [0.2, 0.25) is 0 Å². The molecule has 0 aliphatic carbocycles. The molecule has 0 saturated carbocycles. The minimum atomic E-state index is 0.574. The predicted octanol–water partition coefficient (Wildman–Crippen LogP) is 2.68. The van der Waals surface area contributed by atoms with E-state index in [1.807, 2.05) is 6.07 Å². The number of halogens is 1. The molecule has 1 nitrogen and oxygen atoms in total. The van der Waals surface area contributed by atoms with E-state index >= 15 is 0 Å². The highest BCUT2D eigenvalue weighted by molar-refractivity contribution is 6.30. The molecule has 2 rings (SSSR count). The predicted molar refractivity (Wildman–Crippen MR) is 56.2 cm³/mol. The van der Waals surface area contributed by atoms with Gasteiger partial charge in [-0.1, -0.05) is 11.6 Å². The van der Waals surface area contributed by atoms with Crippen LogP contribution in [-0.2, 0) is 13.0 Å². The van der Waals surface area contributed by atoms with Crippen LogP contribution in [0.1, 0.15) is 23.6 Å². The fraction of sp³-hybridized carbons (Fsp3) is 0.455. The first-order valence-electron chi connectivity index (χ1n) is 4.68. The zero-order valence-corrected chi connectivity index (χ0v) is 8.78. The molecule has 0 spiro atoms. The van der Waals surface area contributed by atoms with Crippen molar-refractivity contribution >= 4 is 11.6 Å². The van der Waals surface area contributed by atoms with Crippen molar-refractivity contribution in [1.29, 1.82) is 0 Å². The molecule has 70 valence electrons. The van der Waals surface area contributed by atoms with E-state index in [-0.39, 0.29) is 0 Å². The number of aryl methyl sites for hydroxylation is 1. The lowest BCUT2D eigenvalue weighted by Gasteiger charge is -2.24. The maximum Gasteiger partial charge on any atom is 0.0411 e. The Balaban J connectivity index is 2.47. The van der Waals surface area contributed by atoms with E-state index in [1.54, 1.807) is 0 Å². The third-order valence-corrected chi connectivity index (χ3v) is 2.90. The summed E-state index contributed by atoms with van der Waals surface area (Å²) in [6.45, 7) is 5.32. The van der Waals surface area contributed by atoms with Crippen molar-refractivity contribution in [1.82, 2.24) is 5.32 Å². The summed E-state index contributed by atoms with van der Waals surface area (Å²) in [6.07, 6.45) is 1.09. The van der Waals surface area contributed by atoms with Crippen LogP contribution in [0.4, 0.5) is 0 Å². The van der Waals surface area contributed by atoms with Gasteiger partial charge in [0.05, 0.1) is 0 Å². The number of fused-ring (bicyclic) bond motifs is 1. The molecule has 1 aromatic rings. The molecule has 13 heavy (non-hydrogen) atoms. The fourth-order valence-corrected chi connectivity index (χ4v) is 2.25. The van der Waals surface area contributed by atoms with Crippen LogP contribution >= 0.6 is 11.6 Å². The van der Waals surface area contributed by atoms with Gasteiger partial charge in [0.15, 0.2) is 0 Å². The van der Waals surface area contributed by atoms with Crippen LogP contribution in [0.2, 0.25) is 5.02 Å². The zero-order chi connectivity index (χ0) is 9.42. The Kier molecular flexibility index (Phi) is 2.31. The molecule has 2 heteroatoms. The topological polar surface area (TPSA) is 12.0 Å². The van der Waals surface area contributed by atoms with Gasteiger partial charge in [0.1, 0.15) is 0 Å². The monoisotopic (exact) mass is 195 g/mol. The van der Waals surface area contributed by atoms with E-state index in [0.29, 0.717) is 6.04 Å². The summed E-state index contributed by atoms with van der Waals surface area (Å²) in [5.74, 6) is 0. The van der Waals surface area contributed by atoms with Crippen LogP contribution in [0.25, 0.3) is 0 Å². The summed E-state index contributed by atoms with van der Waals surface area (Å²) in [4.78, 5) is 0. The molecule has 1 atom stereocenters. The second-order valence-corrected chi connectivity index (χ2v) is 4.28. The fourth-order valence-electron chi connectivity index (χ4n) is 1.96. The number of hydrogen-bond acceptors (Lipinski definition) is 1. The Labute approximate surface area is 84.1 Å². The lowest BCUT2D eigenvalue weighted by molar-refractivity contribution is 0.512. The Hall–Kier alpha value is -0.530.